The molecule has 1 atom stereocenters. The van der Waals surface area contributed by atoms with Crippen LogP contribution in [0.5, 0.6) is 11.5 Å². The monoisotopic (exact) mass is 270 g/mol. The van der Waals surface area contributed by atoms with Crippen LogP contribution in [0.25, 0.3) is 0 Å². The molecule has 0 saturated carbocycles. The molecule has 106 valence electrons. The first-order chi connectivity index (χ1) is 9.65. The van der Waals surface area contributed by atoms with E-state index in [4.69, 9.17) is 0 Å². The number of hydrogen-bond donors (Lipinski definition) is 2. The standard InChI is InChI=1S/C18H22O2/c1-3-5-15-12-14(8-11-18(15)20)17(4-2)13-6-9-16(19)10-7-13/h6-12,17,19-20H,3-5H2,1-2H3. The van der Waals surface area contributed by atoms with E-state index in [-0.39, 0.29) is 0 Å². The van der Waals surface area contributed by atoms with Gasteiger partial charge in [0.15, 0.2) is 0 Å². The Morgan fingerprint density at radius 3 is 2.15 bits per heavy atom. The second-order valence-electron chi connectivity index (χ2n) is 5.19. The van der Waals surface area contributed by atoms with Gasteiger partial charge >= 0.3 is 0 Å². The van der Waals surface area contributed by atoms with Crippen LogP contribution in [0.1, 0.15) is 49.3 Å². The van der Waals surface area contributed by atoms with Crippen LogP contribution >= 0.6 is 0 Å². The molecule has 2 heteroatoms. The summed E-state index contributed by atoms with van der Waals surface area (Å²) >= 11 is 0. The van der Waals surface area contributed by atoms with Crippen LogP contribution in [0.3, 0.4) is 0 Å². The van der Waals surface area contributed by atoms with E-state index < -0.39 is 0 Å². The van der Waals surface area contributed by atoms with Crippen molar-refractivity contribution >= 4 is 0 Å². The third kappa shape index (κ3) is 3.13. The van der Waals surface area contributed by atoms with Crippen molar-refractivity contribution in [1.82, 2.24) is 0 Å². The smallest absolute Gasteiger partial charge is 0.118 e. The molecule has 2 nitrogen and oxygen atoms in total. The molecule has 0 spiro atoms. The summed E-state index contributed by atoms with van der Waals surface area (Å²) in [4.78, 5) is 0. The number of phenols is 2. The molecule has 0 aliphatic rings. The normalized spacial score (nSPS) is 12.3. The number of benzene rings is 2. The summed E-state index contributed by atoms with van der Waals surface area (Å²) in [6.45, 7) is 4.27. The molecule has 2 N–H and O–H groups in total. The maximum atomic E-state index is 9.89. The van der Waals surface area contributed by atoms with Crippen LogP contribution in [0.4, 0.5) is 0 Å². The average Bonchev–Trinajstić information content (AvgIpc) is 2.45. The zero-order chi connectivity index (χ0) is 14.5. The van der Waals surface area contributed by atoms with E-state index in [1.807, 2.05) is 18.2 Å². The molecule has 0 heterocycles. The van der Waals surface area contributed by atoms with E-state index in [1.165, 1.54) is 11.1 Å². The van der Waals surface area contributed by atoms with Gasteiger partial charge in [0, 0.05) is 5.92 Å². The van der Waals surface area contributed by atoms with Gasteiger partial charge in [-0.15, -0.1) is 0 Å². The molecule has 1 unspecified atom stereocenters. The Morgan fingerprint density at radius 2 is 1.55 bits per heavy atom. The Labute approximate surface area is 120 Å². The Hall–Kier alpha value is -1.96. The molecule has 0 aliphatic carbocycles. The molecule has 0 saturated heterocycles. The number of aryl methyl sites for hydroxylation is 1. The molecule has 0 bridgehead atoms. The van der Waals surface area contributed by atoms with Gasteiger partial charge in [-0.3, -0.25) is 0 Å². The predicted molar refractivity (Wildman–Crippen MR) is 82.3 cm³/mol. The maximum absolute atomic E-state index is 9.89. The summed E-state index contributed by atoms with van der Waals surface area (Å²) in [5, 5.41) is 19.3. The minimum absolute atomic E-state index is 0.293. The fourth-order valence-electron chi connectivity index (χ4n) is 2.66. The van der Waals surface area contributed by atoms with E-state index in [9.17, 15) is 10.2 Å². The third-order valence-corrected chi connectivity index (χ3v) is 3.73. The summed E-state index contributed by atoms with van der Waals surface area (Å²) in [6.07, 6.45) is 2.90. The van der Waals surface area contributed by atoms with Gasteiger partial charge in [0.1, 0.15) is 11.5 Å². The third-order valence-electron chi connectivity index (χ3n) is 3.73. The molecule has 0 aliphatic heterocycles. The van der Waals surface area contributed by atoms with Crippen LogP contribution in [0.15, 0.2) is 42.5 Å². The highest BCUT2D eigenvalue weighted by Crippen LogP contribution is 2.32. The van der Waals surface area contributed by atoms with Gasteiger partial charge in [-0.05, 0) is 47.7 Å². The van der Waals surface area contributed by atoms with E-state index in [2.05, 4.69) is 19.9 Å². The van der Waals surface area contributed by atoms with Gasteiger partial charge in [0.2, 0.25) is 0 Å². The second-order valence-corrected chi connectivity index (χ2v) is 5.19. The Morgan fingerprint density at radius 1 is 0.900 bits per heavy atom. The van der Waals surface area contributed by atoms with Gasteiger partial charge in [-0.2, -0.15) is 0 Å². The van der Waals surface area contributed by atoms with Crippen LogP contribution in [0.2, 0.25) is 0 Å². The van der Waals surface area contributed by atoms with Crippen molar-refractivity contribution in [2.24, 2.45) is 0 Å². The van der Waals surface area contributed by atoms with Gasteiger partial charge < -0.3 is 10.2 Å². The molecule has 0 fully saturated rings. The van der Waals surface area contributed by atoms with Gasteiger partial charge in [0.05, 0.1) is 0 Å². The first kappa shape index (κ1) is 14.4. The minimum Gasteiger partial charge on any atom is -0.508 e. The molecular weight excluding hydrogens is 248 g/mol. The predicted octanol–water partition coefficient (Wildman–Crippen LogP) is 4.59. The molecule has 0 radical (unpaired) electrons. The highest BCUT2D eigenvalue weighted by Gasteiger charge is 2.14. The Kier molecular flexibility index (Phi) is 4.67. The zero-order valence-corrected chi connectivity index (χ0v) is 12.1. The lowest BCUT2D eigenvalue weighted by Gasteiger charge is -2.17. The maximum Gasteiger partial charge on any atom is 0.118 e. The topological polar surface area (TPSA) is 40.5 Å². The zero-order valence-electron chi connectivity index (χ0n) is 12.1. The van der Waals surface area contributed by atoms with Crippen molar-refractivity contribution in [3.63, 3.8) is 0 Å². The molecule has 2 rings (SSSR count). The molecule has 20 heavy (non-hydrogen) atoms. The minimum atomic E-state index is 0.293. The summed E-state index contributed by atoms with van der Waals surface area (Å²) in [7, 11) is 0. The van der Waals surface area contributed by atoms with E-state index in [1.54, 1.807) is 18.2 Å². The van der Waals surface area contributed by atoms with Crippen molar-refractivity contribution in [2.45, 2.75) is 39.0 Å². The molecule has 2 aromatic carbocycles. The van der Waals surface area contributed by atoms with Crippen LogP contribution < -0.4 is 0 Å². The summed E-state index contributed by atoms with van der Waals surface area (Å²) < 4.78 is 0. The van der Waals surface area contributed by atoms with Crippen molar-refractivity contribution in [3.05, 3.63) is 59.2 Å². The van der Waals surface area contributed by atoms with Crippen molar-refractivity contribution in [1.29, 1.82) is 0 Å². The lowest BCUT2D eigenvalue weighted by molar-refractivity contribution is 0.467. The quantitative estimate of drug-likeness (QED) is 0.834. The first-order valence-electron chi connectivity index (χ1n) is 7.26. The van der Waals surface area contributed by atoms with Crippen molar-refractivity contribution < 1.29 is 10.2 Å². The fourth-order valence-corrected chi connectivity index (χ4v) is 2.66. The SMILES string of the molecule is CCCc1cc(C(CC)c2ccc(O)cc2)ccc1O. The molecular formula is C18H22O2. The van der Waals surface area contributed by atoms with Crippen LogP contribution in [-0.2, 0) is 6.42 Å². The summed E-state index contributed by atoms with van der Waals surface area (Å²) in [5.74, 6) is 0.976. The van der Waals surface area contributed by atoms with Gasteiger partial charge in [0.25, 0.3) is 0 Å². The van der Waals surface area contributed by atoms with Gasteiger partial charge in [-0.25, -0.2) is 0 Å². The van der Waals surface area contributed by atoms with Crippen molar-refractivity contribution in [3.8, 4) is 11.5 Å². The number of hydrogen-bond acceptors (Lipinski definition) is 2. The highest BCUT2D eigenvalue weighted by atomic mass is 16.3. The molecule has 0 amide bonds. The Bertz CT molecular complexity index is 558. The highest BCUT2D eigenvalue weighted by molar-refractivity contribution is 5.42. The summed E-state index contributed by atoms with van der Waals surface area (Å²) in [5.41, 5.74) is 3.43. The molecule has 2 aromatic rings. The lowest BCUT2D eigenvalue weighted by atomic mass is 9.87. The number of rotatable bonds is 5. The second kappa shape index (κ2) is 6.47. The van der Waals surface area contributed by atoms with E-state index in [0.717, 1.165) is 24.8 Å². The largest absolute Gasteiger partial charge is 0.508 e. The average molecular weight is 270 g/mol. The van der Waals surface area contributed by atoms with Gasteiger partial charge in [-0.1, -0.05) is 44.5 Å². The fraction of sp³-hybridized carbons (Fsp3) is 0.333. The summed E-state index contributed by atoms with van der Waals surface area (Å²) in [6, 6.07) is 13.3. The van der Waals surface area contributed by atoms with E-state index >= 15 is 0 Å². The molecule has 0 aromatic heterocycles. The van der Waals surface area contributed by atoms with Crippen LogP contribution in [-0.4, -0.2) is 10.2 Å². The first-order valence-corrected chi connectivity index (χ1v) is 7.26. The van der Waals surface area contributed by atoms with Crippen LogP contribution in [0, 0.1) is 0 Å². The number of aromatic hydroxyl groups is 2. The lowest BCUT2D eigenvalue weighted by Crippen LogP contribution is -2.00. The Balaban J connectivity index is 2.36. The van der Waals surface area contributed by atoms with E-state index in [0.29, 0.717) is 17.4 Å². The number of phenolic OH excluding ortho intramolecular Hbond substituents is 2. The van der Waals surface area contributed by atoms with Crippen molar-refractivity contribution in [2.75, 3.05) is 0 Å².